The summed E-state index contributed by atoms with van der Waals surface area (Å²) in [5, 5.41) is 3.30. The van der Waals surface area contributed by atoms with Crippen LogP contribution in [0.5, 0.6) is 0 Å². The van der Waals surface area contributed by atoms with Gasteiger partial charge in [0.1, 0.15) is 5.65 Å². The van der Waals surface area contributed by atoms with Gasteiger partial charge in [0.15, 0.2) is 0 Å². The molecule has 0 N–H and O–H groups in total. The number of para-hydroxylation sites is 2. The van der Waals surface area contributed by atoms with Gasteiger partial charge >= 0.3 is 0 Å². The highest BCUT2D eigenvalue weighted by Gasteiger charge is 2.18. The molecule has 174 valence electrons. The lowest BCUT2D eigenvalue weighted by atomic mass is 10.1. The molecule has 0 atom stereocenters. The number of hydrogen-bond donors (Lipinski definition) is 0. The number of halogens is 1. The van der Waals surface area contributed by atoms with Crippen molar-refractivity contribution in [3.05, 3.63) is 114 Å². The van der Waals surface area contributed by atoms with E-state index in [-0.39, 0.29) is 0 Å². The van der Waals surface area contributed by atoms with E-state index in [0.717, 1.165) is 65.1 Å². The van der Waals surface area contributed by atoms with Crippen molar-refractivity contribution in [2.45, 2.75) is 0 Å². The van der Waals surface area contributed by atoms with Crippen LogP contribution in [0, 0.1) is 0 Å². The SMILES string of the molecule is Brc1ccc2c(c1)nc1cc3c4ccccc4n(-c4nc(-c5ccccc5)c5ccccc5n4)c3cn12. The Morgan fingerprint density at radius 3 is 2.24 bits per heavy atom. The monoisotopic (exact) mass is 539 g/mol. The first kappa shape index (κ1) is 20.6. The maximum Gasteiger partial charge on any atom is 0.235 e. The zero-order valence-corrected chi connectivity index (χ0v) is 21.1. The van der Waals surface area contributed by atoms with Crippen molar-refractivity contribution in [3.8, 4) is 17.2 Å². The van der Waals surface area contributed by atoms with Crippen molar-refractivity contribution in [3.63, 3.8) is 0 Å². The van der Waals surface area contributed by atoms with Crippen molar-refractivity contribution >= 4 is 65.3 Å². The summed E-state index contributed by atoms with van der Waals surface area (Å²) in [7, 11) is 0. The largest absolute Gasteiger partial charge is 0.297 e. The molecule has 5 nitrogen and oxygen atoms in total. The second-order valence-corrected chi connectivity index (χ2v) is 10.1. The quantitative estimate of drug-likeness (QED) is 0.224. The van der Waals surface area contributed by atoms with Gasteiger partial charge in [0.05, 0.1) is 33.3 Å². The summed E-state index contributed by atoms with van der Waals surface area (Å²) in [6.07, 6.45) is 2.16. The van der Waals surface area contributed by atoms with Crippen molar-refractivity contribution in [2.24, 2.45) is 0 Å². The Bertz CT molecular complexity index is 2160. The average Bonchev–Trinajstić information content (AvgIpc) is 3.45. The fourth-order valence-electron chi connectivity index (χ4n) is 5.34. The predicted molar refractivity (Wildman–Crippen MR) is 153 cm³/mol. The normalized spacial score (nSPS) is 11.9. The third-order valence-corrected chi connectivity index (χ3v) is 7.49. The molecular formula is C31H18BrN5. The van der Waals surface area contributed by atoms with Gasteiger partial charge in [-0.25, -0.2) is 15.0 Å². The molecule has 37 heavy (non-hydrogen) atoms. The van der Waals surface area contributed by atoms with E-state index in [9.17, 15) is 0 Å². The first-order valence-electron chi connectivity index (χ1n) is 12.1. The van der Waals surface area contributed by atoms with E-state index in [1.165, 1.54) is 0 Å². The number of aromatic nitrogens is 5. The van der Waals surface area contributed by atoms with Crippen LogP contribution in [-0.4, -0.2) is 23.9 Å². The number of imidazole rings is 1. The third kappa shape index (κ3) is 3.06. The smallest absolute Gasteiger partial charge is 0.235 e. The van der Waals surface area contributed by atoms with Crippen LogP contribution in [0.4, 0.5) is 0 Å². The number of hydrogen-bond acceptors (Lipinski definition) is 3. The highest BCUT2D eigenvalue weighted by Crippen LogP contribution is 2.35. The van der Waals surface area contributed by atoms with Gasteiger partial charge in [0.25, 0.3) is 0 Å². The van der Waals surface area contributed by atoms with Gasteiger partial charge in [-0.3, -0.25) is 8.97 Å². The summed E-state index contributed by atoms with van der Waals surface area (Å²) in [6, 6.07) is 35.3. The first-order valence-corrected chi connectivity index (χ1v) is 12.9. The molecule has 4 heterocycles. The van der Waals surface area contributed by atoms with Crippen LogP contribution in [0.15, 0.2) is 114 Å². The van der Waals surface area contributed by atoms with Crippen LogP contribution >= 0.6 is 15.9 Å². The van der Waals surface area contributed by atoms with Crippen LogP contribution in [0.3, 0.4) is 0 Å². The molecule has 0 aliphatic heterocycles. The molecule has 0 amide bonds. The zero-order valence-electron chi connectivity index (χ0n) is 19.5. The molecule has 4 aromatic carbocycles. The van der Waals surface area contributed by atoms with Crippen LogP contribution in [0.2, 0.25) is 0 Å². The summed E-state index contributed by atoms with van der Waals surface area (Å²) in [6.45, 7) is 0. The molecule has 0 spiro atoms. The molecule has 0 saturated heterocycles. The van der Waals surface area contributed by atoms with Gasteiger partial charge in [-0.1, -0.05) is 82.7 Å². The molecule has 0 unspecified atom stereocenters. The van der Waals surface area contributed by atoms with E-state index in [1.54, 1.807) is 0 Å². The molecule has 8 aromatic rings. The van der Waals surface area contributed by atoms with E-state index in [0.29, 0.717) is 5.95 Å². The lowest BCUT2D eigenvalue weighted by molar-refractivity contribution is 1.01. The second kappa shape index (κ2) is 7.72. The van der Waals surface area contributed by atoms with Crippen LogP contribution in [0.25, 0.3) is 66.6 Å². The lowest BCUT2D eigenvalue weighted by Crippen LogP contribution is -2.03. The fraction of sp³-hybridized carbons (Fsp3) is 0. The Kier molecular flexibility index (Phi) is 4.30. The highest BCUT2D eigenvalue weighted by atomic mass is 79.9. The van der Waals surface area contributed by atoms with Crippen molar-refractivity contribution in [2.75, 3.05) is 0 Å². The number of benzene rings is 4. The first-order chi connectivity index (χ1) is 18.2. The lowest BCUT2D eigenvalue weighted by Gasteiger charge is -2.11. The molecule has 8 rings (SSSR count). The van der Waals surface area contributed by atoms with Crippen LogP contribution in [-0.2, 0) is 0 Å². The molecule has 0 aliphatic rings. The molecule has 0 saturated carbocycles. The number of pyridine rings is 1. The Hall–Kier alpha value is -4.55. The number of fused-ring (bicyclic) bond motifs is 7. The second-order valence-electron chi connectivity index (χ2n) is 9.15. The van der Waals surface area contributed by atoms with Gasteiger partial charge in [-0.05, 0) is 36.4 Å². The topological polar surface area (TPSA) is 48.0 Å². The van der Waals surface area contributed by atoms with E-state index < -0.39 is 0 Å². The highest BCUT2D eigenvalue weighted by molar-refractivity contribution is 9.10. The van der Waals surface area contributed by atoms with Gasteiger partial charge in [-0.15, -0.1) is 0 Å². The molecule has 0 bridgehead atoms. The predicted octanol–water partition coefficient (Wildman–Crippen LogP) is 7.96. The van der Waals surface area contributed by atoms with Crippen LogP contribution < -0.4 is 0 Å². The summed E-state index contributed by atoms with van der Waals surface area (Å²) in [5.41, 5.74) is 7.91. The van der Waals surface area contributed by atoms with E-state index in [2.05, 4.69) is 104 Å². The Morgan fingerprint density at radius 1 is 0.568 bits per heavy atom. The number of nitrogens with zero attached hydrogens (tertiary/aromatic N) is 5. The fourth-order valence-corrected chi connectivity index (χ4v) is 5.69. The molecule has 4 aromatic heterocycles. The molecule has 6 heteroatoms. The summed E-state index contributed by atoms with van der Waals surface area (Å²) in [4.78, 5) is 15.1. The van der Waals surface area contributed by atoms with Crippen molar-refractivity contribution in [1.29, 1.82) is 0 Å². The van der Waals surface area contributed by atoms with E-state index in [4.69, 9.17) is 15.0 Å². The van der Waals surface area contributed by atoms with Crippen LogP contribution in [0.1, 0.15) is 0 Å². The van der Waals surface area contributed by atoms with Gasteiger partial charge < -0.3 is 0 Å². The minimum atomic E-state index is 0.648. The standard InChI is InChI=1S/C31H18BrN5/c32-20-14-15-27-25(16-20)33-29-17-23-21-10-5-7-13-26(21)37(28(23)18-36(27)29)31-34-24-12-6-4-11-22(24)30(35-31)19-8-2-1-3-9-19/h1-18H. The molecule has 0 aliphatic carbocycles. The average molecular weight is 540 g/mol. The molecular weight excluding hydrogens is 522 g/mol. The Labute approximate surface area is 219 Å². The minimum absolute atomic E-state index is 0.648. The van der Waals surface area contributed by atoms with E-state index in [1.807, 2.05) is 30.3 Å². The molecule has 0 radical (unpaired) electrons. The zero-order chi connectivity index (χ0) is 24.5. The Balaban J connectivity index is 1.51. The van der Waals surface area contributed by atoms with Gasteiger partial charge in [-0.2, -0.15) is 0 Å². The summed E-state index contributed by atoms with van der Waals surface area (Å²) in [5.74, 6) is 0.648. The number of rotatable bonds is 2. The maximum atomic E-state index is 5.18. The van der Waals surface area contributed by atoms with Gasteiger partial charge in [0.2, 0.25) is 5.95 Å². The maximum absolute atomic E-state index is 5.18. The summed E-state index contributed by atoms with van der Waals surface area (Å²) >= 11 is 3.58. The Morgan fingerprint density at radius 2 is 1.35 bits per heavy atom. The van der Waals surface area contributed by atoms with Crippen molar-refractivity contribution in [1.82, 2.24) is 23.9 Å². The third-order valence-electron chi connectivity index (χ3n) is 6.99. The molecule has 0 fully saturated rings. The van der Waals surface area contributed by atoms with Crippen molar-refractivity contribution < 1.29 is 0 Å². The summed E-state index contributed by atoms with van der Waals surface area (Å²) < 4.78 is 5.34. The van der Waals surface area contributed by atoms with E-state index >= 15 is 0 Å². The minimum Gasteiger partial charge on any atom is -0.297 e. The van der Waals surface area contributed by atoms with Gasteiger partial charge in [0, 0.05) is 32.4 Å².